The first kappa shape index (κ1) is 15.2. The van der Waals surface area contributed by atoms with E-state index < -0.39 is 0 Å². The fourth-order valence-electron chi connectivity index (χ4n) is 3.68. The number of nitrogens with zero attached hydrogens (tertiary/aromatic N) is 6. The third kappa shape index (κ3) is 2.45. The fraction of sp³-hybridized carbons (Fsp3) is 0.412. The standard InChI is InChI=1S/C17H17ClN6/c1-10-3-16(22-11(2)21-10)23-8-13-5-14(9-23)24(13)17-15(18)4-12(6-19)7-20-17/h3-4,7,13-14H,5,8-9H2,1-2H3. The van der Waals surface area contributed by atoms with Crippen LogP contribution in [0.4, 0.5) is 11.6 Å². The van der Waals surface area contributed by atoms with Crippen LogP contribution >= 0.6 is 11.6 Å². The highest BCUT2D eigenvalue weighted by Gasteiger charge is 2.46. The summed E-state index contributed by atoms with van der Waals surface area (Å²) in [5.74, 6) is 2.58. The zero-order valence-corrected chi connectivity index (χ0v) is 14.3. The van der Waals surface area contributed by atoms with Crippen molar-refractivity contribution in [2.24, 2.45) is 0 Å². The topological polar surface area (TPSA) is 68.9 Å². The second-order valence-corrected chi connectivity index (χ2v) is 6.82. The molecule has 3 fully saturated rings. The maximum absolute atomic E-state index is 8.95. The molecule has 0 saturated carbocycles. The van der Waals surface area contributed by atoms with Crippen molar-refractivity contribution in [3.63, 3.8) is 0 Å². The Kier molecular flexibility index (Phi) is 3.54. The number of halogens is 1. The molecule has 0 radical (unpaired) electrons. The maximum Gasteiger partial charge on any atom is 0.148 e. The van der Waals surface area contributed by atoms with Gasteiger partial charge in [-0.1, -0.05) is 11.6 Å². The van der Waals surface area contributed by atoms with Crippen LogP contribution in [0.1, 0.15) is 23.5 Å². The lowest BCUT2D eigenvalue weighted by Gasteiger charge is -2.57. The Labute approximate surface area is 145 Å². The number of pyridine rings is 1. The van der Waals surface area contributed by atoms with Gasteiger partial charge in [0.1, 0.15) is 23.5 Å². The molecule has 2 unspecified atom stereocenters. The molecule has 0 spiro atoms. The molecule has 6 nitrogen and oxygen atoms in total. The lowest BCUT2D eigenvalue weighted by Crippen LogP contribution is -2.69. The van der Waals surface area contributed by atoms with Crippen LogP contribution in [0.3, 0.4) is 0 Å². The first-order chi connectivity index (χ1) is 11.5. The van der Waals surface area contributed by atoms with Crippen molar-refractivity contribution >= 4 is 23.2 Å². The molecule has 0 aromatic carbocycles. The van der Waals surface area contributed by atoms with Crippen molar-refractivity contribution in [3.05, 3.63) is 40.4 Å². The van der Waals surface area contributed by atoms with Crippen LogP contribution in [0.25, 0.3) is 0 Å². The van der Waals surface area contributed by atoms with Gasteiger partial charge in [0.15, 0.2) is 0 Å². The Bertz CT molecular complexity index is 813. The summed E-state index contributed by atoms with van der Waals surface area (Å²) in [6, 6.07) is 6.54. The molecule has 5 heterocycles. The number of hydrogen-bond acceptors (Lipinski definition) is 6. The molecule has 0 aliphatic carbocycles. The molecule has 3 aliphatic rings. The number of anilines is 2. The third-order valence-corrected chi connectivity index (χ3v) is 4.94. The van der Waals surface area contributed by atoms with Crippen LogP contribution < -0.4 is 9.80 Å². The quantitative estimate of drug-likeness (QED) is 0.836. The summed E-state index contributed by atoms with van der Waals surface area (Å²) in [6.07, 6.45) is 2.72. The molecular weight excluding hydrogens is 324 g/mol. The van der Waals surface area contributed by atoms with Crippen LogP contribution in [0, 0.1) is 25.2 Å². The lowest BCUT2D eigenvalue weighted by molar-refractivity contribution is 0.288. The Morgan fingerprint density at radius 2 is 1.96 bits per heavy atom. The van der Waals surface area contributed by atoms with Crippen LogP contribution in [-0.4, -0.2) is 40.1 Å². The van der Waals surface area contributed by atoms with Crippen molar-refractivity contribution in [2.45, 2.75) is 32.4 Å². The van der Waals surface area contributed by atoms with Gasteiger partial charge >= 0.3 is 0 Å². The molecule has 2 bridgehead atoms. The number of piperazine rings is 1. The summed E-state index contributed by atoms with van der Waals surface area (Å²) < 4.78 is 0. The van der Waals surface area contributed by atoms with E-state index in [2.05, 4.69) is 30.8 Å². The van der Waals surface area contributed by atoms with Crippen LogP contribution in [0.15, 0.2) is 18.3 Å². The number of piperidine rings is 1. The molecule has 24 heavy (non-hydrogen) atoms. The van der Waals surface area contributed by atoms with E-state index in [0.717, 1.165) is 42.7 Å². The highest BCUT2D eigenvalue weighted by Crippen LogP contribution is 2.40. The molecule has 122 valence electrons. The van der Waals surface area contributed by atoms with Crippen molar-refractivity contribution < 1.29 is 0 Å². The van der Waals surface area contributed by atoms with E-state index in [0.29, 0.717) is 22.7 Å². The minimum absolute atomic E-state index is 0.372. The molecule has 0 N–H and O–H groups in total. The SMILES string of the molecule is Cc1cc(N2CC3CC(C2)N3c2ncc(C#N)cc2Cl)nc(C)n1. The van der Waals surface area contributed by atoms with E-state index in [1.54, 1.807) is 12.3 Å². The second kappa shape index (κ2) is 5.60. The molecule has 2 aromatic heterocycles. The maximum atomic E-state index is 8.95. The average Bonchev–Trinajstić information content (AvgIpc) is 2.55. The number of rotatable bonds is 2. The summed E-state index contributed by atoms with van der Waals surface area (Å²) in [5, 5.41) is 9.50. The lowest BCUT2D eigenvalue weighted by atomic mass is 9.87. The van der Waals surface area contributed by atoms with Crippen LogP contribution in [-0.2, 0) is 0 Å². The summed E-state index contributed by atoms with van der Waals surface area (Å²) in [7, 11) is 0. The van der Waals surface area contributed by atoms with Gasteiger partial charge in [-0.15, -0.1) is 0 Å². The van der Waals surface area contributed by atoms with Crippen molar-refractivity contribution in [1.82, 2.24) is 15.0 Å². The average molecular weight is 341 g/mol. The Balaban J connectivity index is 1.56. The van der Waals surface area contributed by atoms with E-state index in [4.69, 9.17) is 16.9 Å². The summed E-state index contributed by atoms with van der Waals surface area (Å²) >= 11 is 6.33. The first-order valence-corrected chi connectivity index (χ1v) is 8.34. The van der Waals surface area contributed by atoms with Gasteiger partial charge in [0.05, 0.1) is 22.7 Å². The smallest absolute Gasteiger partial charge is 0.148 e. The molecule has 7 heteroatoms. The highest BCUT2D eigenvalue weighted by molar-refractivity contribution is 6.33. The molecule has 0 amide bonds. The van der Waals surface area contributed by atoms with Gasteiger partial charge in [0, 0.05) is 31.0 Å². The van der Waals surface area contributed by atoms with Crippen LogP contribution in [0.5, 0.6) is 0 Å². The second-order valence-electron chi connectivity index (χ2n) is 6.41. The fourth-order valence-corrected chi connectivity index (χ4v) is 3.95. The Morgan fingerprint density at radius 1 is 1.21 bits per heavy atom. The number of nitriles is 1. The van der Waals surface area contributed by atoms with Crippen molar-refractivity contribution in [2.75, 3.05) is 22.9 Å². The van der Waals surface area contributed by atoms with Gasteiger partial charge in [0.25, 0.3) is 0 Å². The minimum Gasteiger partial charge on any atom is -0.352 e. The number of aryl methyl sites for hydroxylation is 2. The zero-order valence-electron chi connectivity index (χ0n) is 13.6. The van der Waals surface area contributed by atoms with Crippen molar-refractivity contribution in [3.8, 4) is 6.07 Å². The summed E-state index contributed by atoms with van der Waals surface area (Å²) in [4.78, 5) is 17.9. The Morgan fingerprint density at radius 3 is 2.58 bits per heavy atom. The number of hydrogen-bond donors (Lipinski definition) is 0. The van der Waals surface area contributed by atoms with E-state index in [1.165, 1.54) is 0 Å². The molecule has 2 atom stereocenters. The molecular formula is C17H17ClN6. The predicted octanol–water partition coefficient (Wildman–Crippen LogP) is 2.48. The van der Waals surface area contributed by atoms with E-state index >= 15 is 0 Å². The number of aromatic nitrogens is 3. The molecule has 3 saturated heterocycles. The minimum atomic E-state index is 0.372. The molecule has 3 aliphatic heterocycles. The third-order valence-electron chi connectivity index (χ3n) is 4.67. The summed E-state index contributed by atoms with van der Waals surface area (Å²) in [6.45, 7) is 5.71. The van der Waals surface area contributed by atoms with Gasteiger partial charge in [-0.05, 0) is 26.3 Å². The zero-order chi connectivity index (χ0) is 16.8. The van der Waals surface area contributed by atoms with E-state index in [-0.39, 0.29) is 0 Å². The highest BCUT2D eigenvalue weighted by atomic mass is 35.5. The first-order valence-electron chi connectivity index (χ1n) is 7.96. The largest absolute Gasteiger partial charge is 0.352 e. The van der Waals surface area contributed by atoms with Gasteiger partial charge in [-0.3, -0.25) is 0 Å². The number of fused-ring (bicyclic) bond motifs is 2. The van der Waals surface area contributed by atoms with Gasteiger partial charge < -0.3 is 9.80 Å². The predicted molar refractivity (Wildman–Crippen MR) is 92.4 cm³/mol. The van der Waals surface area contributed by atoms with Gasteiger partial charge in [-0.25, -0.2) is 15.0 Å². The van der Waals surface area contributed by atoms with E-state index in [1.807, 2.05) is 19.9 Å². The van der Waals surface area contributed by atoms with Gasteiger partial charge in [-0.2, -0.15) is 5.26 Å². The summed E-state index contributed by atoms with van der Waals surface area (Å²) in [5.41, 5.74) is 1.48. The Hall–Kier alpha value is -2.39. The van der Waals surface area contributed by atoms with Crippen molar-refractivity contribution in [1.29, 1.82) is 5.26 Å². The van der Waals surface area contributed by atoms with Gasteiger partial charge in [0.2, 0.25) is 0 Å². The molecule has 5 rings (SSSR count). The van der Waals surface area contributed by atoms with Crippen LogP contribution in [0.2, 0.25) is 5.02 Å². The normalized spacial score (nSPS) is 22.1. The molecule has 2 aromatic rings. The monoisotopic (exact) mass is 340 g/mol. The van der Waals surface area contributed by atoms with E-state index in [9.17, 15) is 0 Å².